The largest absolute Gasteiger partial charge is 0.480 e. The van der Waals surface area contributed by atoms with E-state index in [0.29, 0.717) is 24.9 Å². The normalized spacial score (nSPS) is 19.7. The summed E-state index contributed by atoms with van der Waals surface area (Å²) in [6.07, 6.45) is -0.222. The average molecular weight is 434 g/mol. The Bertz CT molecular complexity index is 798. The highest BCUT2D eigenvalue weighted by Gasteiger charge is 2.38. The lowest BCUT2D eigenvalue weighted by Gasteiger charge is -2.28. The monoisotopic (exact) mass is 434 g/mol. The van der Waals surface area contributed by atoms with Gasteiger partial charge >= 0.3 is 5.97 Å². The van der Waals surface area contributed by atoms with Crippen LogP contribution in [0.3, 0.4) is 0 Å². The van der Waals surface area contributed by atoms with Crippen molar-refractivity contribution in [3.63, 3.8) is 0 Å². The van der Waals surface area contributed by atoms with Crippen LogP contribution in [0.15, 0.2) is 30.3 Å². The van der Waals surface area contributed by atoms with Crippen molar-refractivity contribution in [1.29, 1.82) is 0 Å². The maximum atomic E-state index is 12.8. The molecule has 0 bridgehead atoms. The molecule has 5 atom stereocenters. The minimum Gasteiger partial charge on any atom is -0.480 e. The van der Waals surface area contributed by atoms with E-state index in [1.54, 1.807) is 30.3 Å². The Morgan fingerprint density at radius 2 is 1.81 bits per heavy atom. The molecule has 10 nitrogen and oxygen atoms in total. The highest BCUT2D eigenvalue weighted by molar-refractivity contribution is 5.94. The summed E-state index contributed by atoms with van der Waals surface area (Å²) >= 11 is 0. The van der Waals surface area contributed by atoms with E-state index in [2.05, 4.69) is 10.6 Å². The first kappa shape index (κ1) is 24.3. The van der Waals surface area contributed by atoms with E-state index >= 15 is 0 Å². The summed E-state index contributed by atoms with van der Waals surface area (Å²) in [7, 11) is 0. The van der Waals surface area contributed by atoms with Crippen LogP contribution in [0.4, 0.5) is 0 Å². The molecule has 0 aromatic heterocycles. The van der Waals surface area contributed by atoms with Crippen LogP contribution in [-0.4, -0.2) is 75.6 Å². The summed E-state index contributed by atoms with van der Waals surface area (Å²) in [4.78, 5) is 50.7. The molecule has 1 fully saturated rings. The van der Waals surface area contributed by atoms with Gasteiger partial charge in [-0.05, 0) is 32.3 Å². The molecule has 10 heteroatoms. The molecule has 0 spiro atoms. The third kappa shape index (κ3) is 6.50. The SMILES string of the molecule is CC(N)C(=O)N1CCCC1C(=O)NC(C(=O)NC(Cc1ccccc1)C(=O)O)C(C)O. The van der Waals surface area contributed by atoms with Crippen molar-refractivity contribution in [2.75, 3.05) is 6.54 Å². The van der Waals surface area contributed by atoms with Gasteiger partial charge in [0.25, 0.3) is 0 Å². The first-order chi connectivity index (χ1) is 14.6. The molecule has 1 heterocycles. The van der Waals surface area contributed by atoms with Crippen molar-refractivity contribution in [2.24, 2.45) is 5.73 Å². The van der Waals surface area contributed by atoms with Crippen LogP contribution < -0.4 is 16.4 Å². The van der Waals surface area contributed by atoms with Crippen LogP contribution in [0.25, 0.3) is 0 Å². The van der Waals surface area contributed by atoms with Gasteiger partial charge < -0.3 is 31.5 Å². The molecule has 1 saturated heterocycles. The standard InChI is InChI=1S/C21H30N4O6/c1-12(22)20(29)25-10-6-9-16(25)18(27)24-17(13(2)26)19(28)23-15(21(30)31)11-14-7-4-3-5-8-14/h3-5,7-8,12-13,15-17,26H,6,9-11,22H2,1-2H3,(H,23,28)(H,24,27)(H,30,31). The Labute approximate surface area is 180 Å². The topological polar surface area (TPSA) is 162 Å². The second-order valence-corrected chi connectivity index (χ2v) is 7.79. The van der Waals surface area contributed by atoms with E-state index in [-0.39, 0.29) is 12.3 Å². The molecular weight excluding hydrogens is 404 g/mol. The van der Waals surface area contributed by atoms with Gasteiger partial charge in [0.05, 0.1) is 12.1 Å². The van der Waals surface area contributed by atoms with Crippen molar-refractivity contribution >= 4 is 23.7 Å². The number of carboxylic acids is 1. The summed E-state index contributed by atoms with van der Waals surface area (Å²) in [5.41, 5.74) is 6.35. The molecule has 5 unspecified atom stereocenters. The summed E-state index contributed by atoms with van der Waals surface area (Å²) in [6, 6.07) is 4.59. The van der Waals surface area contributed by atoms with Crippen molar-refractivity contribution in [2.45, 2.75) is 63.4 Å². The quantitative estimate of drug-likeness (QED) is 0.333. The average Bonchev–Trinajstić information content (AvgIpc) is 3.20. The molecule has 31 heavy (non-hydrogen) atoms. The second kappa shape index (κ2) is 10.9. The molecule has 6 N–H and O–H groups in total. The minimum absolute atomic E-state index is 0.0433. The number of nitrogens with one attached hydrogen (secondary N) is 2. The number of nitrogens with zero attached hydrogens (tertiary/aromatic N) is 1. The van der Waals surface area contributed by atoms with Crippen LogP contribution in [0.5, 0.6) is 0 Å². The van der Waals surface area contributed by atoms with E-state index in [9.17, 15) is 29.4 Å². The molecule has 1 aliphatic rings. The van der Waals surface area contributed by atoms with E-state index in [0.717, 1.165) is 0 Å². The lowest BCUT2D eigenvalue weighted by Crippen LogP contribution is -2.59. The fraction of sp³-hybridized carbons (Fsp3) is 0.524. The van der Waals surface area contributed by atoms with Gasteiger partial charge in [0, 0.05) is 13.0 Å². The van der Waals surface area contributed by atoms with E-state index in [4.69, 9.17) is 5.73 Å². The third-order valence-electron chi connectivity index (χ3n) is 5.19. The van der Waals surface area contributed by atoms with Crippen LogP contribution in [0.1, 0.15) is 32.3 Å². The summed E-state index contributed by atoms with van der Waals surface area (Å²) in [5.74, 6) is -3.03. The molecule has 3 amide bonds. The Balaban J connectivity index is 2.08. The third-order valence-corrected chi connectivity index (χ3v) is 5.19. The predicted molar refractivity (Wildman–Crippen MR) is 112 cm³/mol. The Kier molecular flexibility index (Phi) is 8.52. The number of carbonyl (C=O) groups excluding carboxylic acids is 3. The molecular formula is C21H30N4O6. The highest BCUT2D eigenvalue weighted by Crippen LogP contribution is 2.18. The molecule has 0 saturated carbocycles. The number of amides is 3. The molecule has 0 aliphatic carbocycles. The molecule has 2 rings (SSSR count). The van der Waals surface area contributed by atoms with E-state index in [1.165, 1.54) is 18.7 Å². The summed E-state index contributed by atoms with van der Waals surface area (Å²) in [6.45, 7) is 3.22. The Morgan fingerprint density at radius 1 is 1.16 bits per heavy atom. The van der Waals surface area contributed by atoms with Gasteiger partial charge in [0.1, 0.15) is 18.1 Å². The Hall–Kier alpha value is -2.98. The molecule has 170 valence electrons. The molecule has 1 aliphatic heterocycles. The number of carbonyl (C=O) groups is 4. The van der Waals surface area contributed by atoms with E-state index < -0.39 is 48.1 Å². The van der Waals surface area contributed by atoms with Gasteiger partial charge in [0.2, 0.25) is 17.7 Å². The molecule has 0 radical (unpaired) electrons. The number of hydrogen-bond acceptors (Lipinski definition) is 6. The van der Waals surface area contributed by atoms with Crippen molar-refractivity contribution in [3.8, 4) is 0 Å². The zero-order chi connectivity index (χ0) is 23.1. The molecule has 1 aromatic rings. The number of hydrogen-bond donors (Lipinski definition) is 5. The van der Waals surface area contributed by atoms with Gasteiger partial charge in [-0.3, -0.25) is 14.4 Å². The zero-order valence-corrected chi connectivity index (χ0v) is 17.7. The van der Waals surface area contributed by atoms with Gasteiger partial charge in [-0.1, -0.05) is 30.3 Å². The number of aliphatic carboxylic acids is 1. The van der Waals surface area contributed by atoms with Crippen LogP contribution >= 0.6 is 0 Å². The lowest BCUT2D eigenvalue weighted by atomic mass is 10.0. The van der Waals surface area contributed by atoms with Gasteiger partial charge in [-0.15, -0.1) is 0 Å². The van der Waals surface area contributed by atoms with Crippen molar-refractivity contribution in [1.82, 2.24) is 15.5 Å². The second-order valence-electron chi connectivity index (χ2n) is 7.79. The summed E-state index contributed by atoms with van der Waals surface area (Å²) in [5, 5.41) is 24.4. The number of nitrogens with two attached hydrogens (primary N) is 1. The highest BCUT2D eigenvalue weighted by atomic mass is 16.4. The lowest BCUT2D eigenvalue weighted by molar-refractivity contribution is -0.144. The Morgan fingerprint density at radius 3 is 2.35 bits per heavy atom. The number of likely N-dealkylation sites (tertiary alicyclic amines) is 1. The number of benzene rings is 1. The first-order valence-electron chi connectivity index (χ1n) is 10.2. The first-order valence-corrected chi connectivity index (χ1v) is 10.2. The fourth-order valence-corrected chi connectivity index (χ4v) is 3.53. The van der Waals surface area contributed by atoms with Crippen LogP contribution in [-0.2, 0) is 25.6 Å². The minimum atomic E-state index is -1.38. The maximum absolute atomic E-state index is 12.8. The van der Waals surface area contributed by atoms with Gasteiger partial charge in [-0.25, -0.2) is 4.79 Å². The smallest absolute Gasteiger partial charge is 0.326 e. The van der Waals surface area contributed by atoms with Crippen molar-refractivity contribution < 1.29 is 29.4 Å². The zero-order valence-electron chi connectivity index (χ0n) is 17.7. The van der Waals surface area contributed by atoms with Gasteiger partial charge in [0.15, 0.2) is 0 Å². The van der Waals surface area contributed by atoms with Crippen molar-refractivity contribution in [3.05, 3.63) is 35.9 Å². The predicted octanol–water partition coefficient (Wildman–Crippen LogP) is -0.998. The molecule has 1 aromatic carbocycles. The van der Waals surface area contributed by atoms with E-state index in [1.807, 2.05) is 0 Å². The number of rotatable bonds is 9. The number of carboxylic acid groups (broad SMARTS) is 1. The van der Waals surface area contributed by atoms with Crippen LogP contribution in [0, 0.1) is 0 Å². The fourth-order valence-electron chi connectivity index (χ4n) is 3.53. The van der Waals surface area contributed by atoms with Gasteiger partial charge in [-0.2, -0.15) is 0 Å². The maximum Gasteiger partial charge on any atom is 0.326 e. The number of aliphatic hydroxyl groups is 1. The summed E-state index contributed by atoms with van der Waals surface area (Å²) < 4.78 is 0. The van der Waals surface area contributed by atoms with Crippen LogP contribution in [0.2, 0.25) is 0 Å². The number of aliphatic hydroxyl groups excluding tert-OH is 1.